The molecule has 0 aliphatic carbocycles. The molecule has 1 amide bonds. The van der Waals surface area contributed by atoms with Crippen molar-refractivity contribution in [2.75, 3.05) is 85.1 Å². The van der Waals surface area contributed by atoms with Crippen molar-refractivity contribution in [1.29, 1.82) is 0 Å². The first-order valence-corrected chi connectivity index (χ1v) is 13.0. The Hall–Kier alpha value is -1.14. The molecular formula is C27H43GdN5O4. The quantitative estimate of drug-likeness (QED) is 0.301. The molecule has 0 N–H and O–H groups in total. The minimum absolute atomic E-state index is 0. The molecule has 1 heterocycles. The van der Waals surface area contributed by atoms with Crippen LogP contribution in [0.1, 0.15) is 19.4 Å². The first-order valence-electron chi connectivity index (χ1n) is 13.0. The van der Waals surface area contributed by atoms with Gasteiger partial charge in [-0.25, -0.2) is 0 Å². The summed E-state index contributed by atoms with van der Waals surface area (Å²) in [5, 5.41) is 0. The summed E-state index contributed by atoms with van der Waals surface area (Å²) >= 11 is 0. The summed E-state index contributed by atoms with van der Waals surface area (Å²) in [4.78, 5) is 57.4. The zero-order valence-electron chi connectivity index (χ0n) is 22.3. The van der Waals surface area contributed by atoms with Crippen LogP contribution in [0.15, 0.2) is 30.3 Å². The van der Waals surface area contributed by atoms with Crippen molar-refractivity contribution in [3.8, 4) is 0 Å². The summed E-state index contributed by atoms with van der Waals surface area (Å²) in [7, 11) is 0. The van der Waals surface area contributed by atoms with Crippen LogP contribution in [0.25, 0.3) is 0 Å². The molecule has 9 nitrogen and oxygen atoms in total. The Kier molecular flexibility index (Phi) is 18.2. The van der Waals surface area contributed by atoms with Crippen LogP contribution < -0.4 is 0 Å². The third-order valence-electron chi connectivity index (χ3n) is 6.44. The van der Waals surface area contributed by atoms with E-state index in [1.165, 1.54) is 0 Å². The average molecular weight is 659 g/mol. The van der Waals surface area contributed by atoms with Crippen molar-refractivity contribution in [2.24, 2.45) is 5.92 Å². The molecule has 1 aromatic rings. The number of nitrogens with zero attached hydrogens (tertiary/aromatic N) is 5. The Balaban J connectivity index is 0.00000684. The second-order valence-electron chi connectivity index (χ2n) is 9.83. The van der Waals surface area contributed by atoms with Crippen LogP contribution in [0, 0.1) is 45.9 Å². The van der Waals surface area contributed by atoms with Gasteiger partial charge in [0.05, 0.1) is 26.2 Å². The van der Waals surface area contributed by atoms with Crippen molar-refractivity contribution in [1.82, 2.24) is 24.5 Å². The number of carbonyl (C=O) groups excluding carboxylic acids is 4. The van der Waals surface area contributed by atoms with Crippen LogP contribution in [0.5, 0.6) is 0 Å². The molecule has 0 saturated carbocycles. The van der Waals surface area contributed by atoms with Gasteiger partial charge in [0, 0.05) is 105 Å². The van der Waals surface area contributed by atoms with E-state index >= 15 is 0 Å². The first kappa shape index (κ1) is 33.9. The number of rotatable bonds is 12. The van der Waals surface area contributed by atoms with Crippen molar-refractivity contribution in [3.05, 3.63) is 35.9 Å². The van der Waals surface area contributed by atoms with E-state index in [-0.39, 0.29) is 45.8 Å². The Morgan fingerprint density at radius 1 is 0.757 bits per heavy atom. The second-order valence-corrected chi connectivity index (χ2v) is 9.83. The summed E-state index contributed by atoms with van der Waals surface area (Å²) in [6, 6.07) is 10.0. The van der Waals surface area contributed by atoms with Gasteiger partial charge in [-0.15, -0.1) is 0 Å². The van der Waals surface area contributed by atoms with Crippen molar-refractivity contribution in [2.45, 2.75) is 20.4 Å². The van der Waals surface area contributed by atoms with Crippen LogP contribution in [0.3, 0.4) is 0 Å². The van der Waals surface area contributed by atoms with Gasteiger partial charge in [0.1, 0.15) is 18.9 Å². The molecule has 2 rings (SSSR count). The molecule has 0 bridgehead atoms. The van der Waals surface area contributed by atoms with E-state index in [4.69, 9.17) is 0 Å². The van der Waals surface area contributed by atoms with Gasteiger partial charge in [0.15, 0.2) is 0 Å². The van der Waals surface area contributed by atoms with E-state index in [1.807, 2.05) is 35.2 Å². The smallest absolute Gasteiger partial charge is 0.237 e. The molecule has 1 saturated heterocycles. The Labute approximate surface area is 254 Å². The molecule has 37 heavy (non-hydrogen) atoms. The Bertz CT molecular complexity index is 772. The van der Waals surface area contributed by atoms with Crippen molar-refractivity contribution >= 4 is 24.8 Å². The summed E-state index contributed by atoms with van der Waals surface area (Å²) in [5.74, 6) is 0.435. The summed E-state index contributed by atoms with van der Waals surface area (Å²) in [6.45, 7) is 12.0. The van der Waals surface area contributed by atoms with Gasteiger partial charge in [-0.3, -0.25) is 24.4 Å². The molecule has 0 radical (unpaired) electrons. The summed E-state index contributed by atoms with van der Waals surface area (Å²) < 4.78 is 0. The largest absolute Gasteiger partial charge is 0.337 e. The number of amides is 1. The number of aldehydes is 3. The maximum absolute atomic E-state index is 13.5. The van der Waals surface area contributed by atoms with Crippen LogP contribution >= 0.6 is 0 Å². The van der Waals surface area contributed by atoms with Crippen molar-refractivity contribution in [3.63, 3.8) is 0 Å². The summed E-state index contributed by atoms with van der Waals surface area (Å²) in [5.41, 5.74) is 1.11. The first-order chi connectivity index (χ1) is 17.4. The molecule has 10 heteroatoms. The molecule has 208 valence electrons. The van der Waals surface area contributed by atoms with E-state index in [9.17, 15) is 19.2 Å². The van der Waals surface area contributed by atoms with Gasteiger partial charge < -0.3 is 19.3 Å². The van der Waals surface area contributed by atoms with Crippen molar-refractivity contribution < 1.29 is 59.1 Å². The normalized spacial score (nSPS) is 17.3. The number of benzene rings is 1. The molecule has 1 aliphatic rings. The maximum Gasteiger partial charge on any atom is 0.237 e. The third kappa shape index (κ3) is 14.0. The molecule has 1 fully saturated rings. The molecule has 1 aliphatic heterocycles. The zero-order valence-corrected chi connectivity index (χ0v) is 24.6. The third-order valence-corrected chi connectivity index (χ3v) is 6.44. The molecule has 0 aromatic heterocycles. The Morgan fingerprint density at radius 3 is 1.54 bits per heavy atom. The fourth-order valence-corrected chi connectivity index (χ4v) is 4.39. The molecule has 0 atom stereocenters. The molecular weight excluding hydrogens is 616 g/mol. The van der Waals surface area contributed by atoms with Gasteiger partial charge in [0.2, 0.25) is 5.91 Å². The zero-order chi connectivity index (χ0) is 26.2. The fraction of sp³-hybridized carbons (Fsp3) is 0.630. The van der Waals surface area contributed by atoms with Gasteiger partial charge >= 0.3 is 0 Å². The summed E-state index contributed by atoms with van der Waals surface area (Å²) in [6.07, 6.45) is 2.70. The van der Waals surface area contributed by atoms with Crippen LogP contribution in [-0.4, -0.2) is 134 Å². The Morgan fingerprint density at radius 2 is 1.16 bits per heavy atom. The monoisotopic (exact) mass is 659 g/mol. The molecule has 0 spiro atoms. The van der Waals surface area contributed by atoms with Crippen LogP contribution in [0.4, 0.5) is 0 Å². The predicted octanol–water partition coefficient (Wildman–Crippen LogP) is 0.490. The minimum atomic E-state index is 0. The topological polar surface area (TPSA) is 84.5 Å². The van der Waals surface area contributed by atoms with Gasteiger partial charge in [-0.05, 0) is 11.5 Å². The van der Waals surface area contributed by atoms with Crippen LogP contribution in [0.2, 0.25) is 0 Å². The van der Waals surface area contributed by atoms with Crippen LogP contribution in [-0.2, 0) is 25.7 Å². The van der Waals surface area contributed by atoms with E-state index in [1.54, 1.807) is 0 Å². The standard InChI is InChI=1S/C27H43N5O4.Gd/c1-25(2)22-32(23-26-6-4-3-5-7-26)27(36)24-31-14-12-29(17-20-34)10-8-28(16-19-33)9-11-30(13-15-31)18-21-35;/h3-7,19-21,25H,8-18,22-24H2,1-2H3;. The number of carbonyl (C=O) groups is 4. The van der Waals surface area contributed by atoms with Gasteiger partial charge in [-0.2, -0.15) is 0 Å². The minimum Gasteiger partial charge on any atom is -0.337 e. The van der Waals surface area contributed by atoms with Gasteiger partial charge in [0.25, 0.3) is 0 Å². The fourth-order valence-electron chi connectivity index (χ4n) is 4.39. The maximum atomic E-state index is 13.5. The predicted molar refractivity (Wildman–Crippen MR) is 141 cm³/mol. The number of hydrogen-bond donors (Lipinski definition) is 0. The van der Waals surface area contributed by atoms with E-state index in [2.05, 4.69) is 33.4 Å². The van der Waals surface area contributed by atoms with E-state index in [0.29, 0.717) is 97.5 Å². The SMILES string of the molecule is CC(C)CN(Cc1ccccc1)C(=O)CN1CCN(CC=O)CCN(CC=O)CCN(CC=O)CC1.[Gd]. The van der Waals surface area contributed by atoms with E-state index < -0.39 is 0 Å². The number of hydrogen-bond acceptors (Lipinski definition) is 8. The van der Waals surface area contributed by atoms with E-state index in [0.717, 1.165) is 24.4 Å². The molecule has 0 unspecified atom stereocenters. The van der Waals surface area contributed by atoms with Gasteiger partial charge in [-0.1, -0.05) is 44.2 Å². The second kappa shape index (κ2) is 19.9. The molecule has 1 aromatic carbocycles. The average Bonchev–Trinajstić information content (AvgIpc) is 2.85.